The lowest BCUT2D eigenvalue weighted by Crippen LogP contribution is -2.42. The zero-order valence-electron chi connectivity index (χ0n) is 20.2. The van der Waals surface area contributed by atoms with E-state index in [0.29, 0.717) is 49.2 Å². The molecule has 2 aromatic rings. The second kappa shape index (κ2) is 11.5. The summed E-state index contributed by atoms with van der Waals surface area (Å²) in [5.74, 6) is -0.300. The number of carbonyl (C=O) groups excluding carboxylic acids is 3. The fraction of sp³-hybridized carbons (Fsp3) is 0.500. The molecule has 11 nitrogen and oxygen atoms in total. The Bertz CT molecular complexity index is 1120. The van der Waals surface area contributed by atoms with Gasteiger partial charge >= 0.3 is 6.09 Å². The largest absolute Gasteiger partial charge is 0.494 e. The molecule has 2 N–H and O–H groups in total. The number of fused-ring (bicyclic) bond motifs is 1. The van der Waals surface area contributed by atoms with Crippen molar-refractivity contribution < 1.29 is 23.9 Å². The molecule has 3 rings (SSSR count). The number of aromatic nitrogens is 2. The van der Waals surface area contributed by atoms with Crippen molar-refractivity contribution in [3.63, 3.8) is 0 Å². The van der Waals surface area contributed by atoms with Crippen LogP contribution in [0.15, 0.2) is 24.5 Å². The second-order valence-electron chi connectivity index (χ2n) is 9.09. The highest BCUT2D eigenvalue weighted by Crippen LogP contribution is 2.22. The maximum atomic E-state index is 12.8. The van der Waals surface area contributed by atoms with E-state index in [1.807, 2.05) is 0 Å². The monoisotopic (exact) mass is 482 g/mol. The van der Waals surface area contributed by atoms with Gasteiger partial charge in [-0.25, -0.2) is 14.8 Å². The average Bonchev–Trinajstić information content (AvgIpc) is 3.29. The van der Waals surface area contributed by atoms with Crippen LogP contribution < -0.4 is 15.4 Å². The Morgan fingerprint density at radius 2 is 2.03 bits per heavy atom. The molecule has 1 saturated heterocycles. The van der Waals surface area contributed by atoms with Gasteiger partial charge in [-0.3, -0.25) is 9.59 Å². The molecule has 0 unspecified atom stereocenters. The van der Waals surface area contributed by atoms with Crippen LogP contribution in [0, 0.1) is 11.3 Å². The van der Waals surface area contributed by atoms with E-state index in [4.69, 9.17) is 14.7 Å². The van der Waals surface area contributed by atoms with Crippen LogP contribution in [0.2, 0.25) is 0 Å². The molecule has 0 spiro atoms. The standard InChI is InChI=1S/C24H30N6O5/c1-24(2,3)35-23(33)26-9-5-11-34-17-7-8-19-18(12-17)21(29-15-28-19)22(32)27-14-20(31)30-10-4-6-16(30)13-25/h7-8,12,15-16H,4-6,9-11,14H2,1-3H3,(H,26,33)(H,27,32)/t16-/m0/s1. The zero-order valence-corrected chi connectivity index (χ0v) is 20.2. The van der Waals surface area contributed by atoms with Gasteiger partial charge in [-0.2, -0.15) is 5.26 Å². The first-order chi connectivity index (χ1) is 16.7. The molecule has 2 heterocycles. The molecule has 186 valence electrons. The van der Waals surface area contributed by atoms with Gasteiger partial charge in [-0.15, -0.1) is 0 Å². The number of amides is 3. The van der Waals surface area contributed by atoms with Crippen molar-refractivity contribution in [2.24, 2.45) is 0 Å². The summed E-state index contributed by atoms with van der Waals surface area (Å²) in [7, 11) is 0. The molecule has 1 fully saturated rings. The maximum absolute atomic E-state index is 12.8. The van der Waals surface area contributed by atoms with E-state index in [1.165, 1.54) is 11.2 Å². The Morgan fingerprint density at radius 3 is 2.77 bits per heavy atom. The van der Waals surface area contributed by atoms with Crippen LogP contribution in [0.1, 0.15) is 50.5 Å². The normalized spacial score (nSPS) is 15.4. The quantitative estimate of drug-likeness (QED) is 0.544. The van der Waals surface area contributed by atoms with Gasteiger partial charge in [-0.1, -0.05) is 0 Å². The summed E-state index contributed by atoms with van der Waals surface area (Å²) < 4.78 is 10.9. The molecule has 0 radical (unpaired) electrons. The maximum Gasteiger partial charge on any atom is 0.407 e. The Hall–Kier alpha value is -3.94. The molecule has 1 aromatic heterocycles. The van der Waals surface area contributed by atoms with Crippen LogP contribution in [-0.2, 0) is 9.53 Å². The van der Waals surface area contributed by atoms with Crippen LogP contribution in [0.25, 0.3) is 10.9 Å². The van der Waals surface area contributed by atoms with Crippen LogP contribution in [0.3, 0.4) is 0 Å². The van der Waals surface area contributed by atoms with Gasteiger partial charge in [0.2, 0.25) is 5.91 Å². The zero-order chi connectivity index (χ0) is 25.4. The second-order valence-corrected chi connectivity index (χ2v) is 9.09. The Kier molecular flexibility index (Phi) is 8.41. The number of nitrogens with zero attached hydrogens (tertiary/aromatic N) is 4. The minimum absolute atomic E-state index is 0.123. The lowest BCUT2D eigenvalue weighted by molar-refractivity contribution is -0.130. The molecule has 1 aliphatic heterocycles. The summed E-state index contributed by atoms with van der Waals surface area (Å²) in [5.41, 5.74) is 0.121. The van der Waals surface area contributed by atoms with Crippen LogP contribution >= 0.6 is 0 Å². The molecular formula is C24H30N6O5. The Labute approximate surface area is 203 Å². The number of hydrogen-bond acceptors (Lipinski definition) is 8. The molecule has 0 saturated carbocycles. The van der Waals surface area contributed by atoms with Crippen molar-refractivity contribution >= 4 is 28.8 Å². The van der Waals surface area contributed by atoms with Crippen LogP contribution in [-0.4, -0.2) is 70.7 Å². The third-order valence-electron chi connectivity index (χ3n) is 5.20. The highest BCUT2D eigenvalue weighted by Gasteiger charge is 2.28. The van der Waals surface area contributed by atoms with Crippen LogP contribution in [0.5, 0.6) is 5.75 Å². The number of nitriles is 1. The van der Waals surface area contributed by atoms with Gasteiger partial charge in [0.05, 0.1) is 24.7 Å². The molecule has 1 aromatic carbocycles. The number of carbonyl (C=O) groups is 3. The van der Waals surface area contributed by atoms with Gasteiger partial charge in [-0.05, 0) is 58.2 Å². The first-order valence-electron chi connectivity index (χ1n) is 11.5. The first-order valence-corrected chi connectivity index (χ1v) is 11.5. The Balaban J connectivity index is 1.55. The summed E-state index contributed by atoms with van der Waals surface area (Å²) in [4.78, 5) is 46.6. The van der Waals surface area contributed by atoms with Crippen molar-refractivity contribution in [1.29, 1.82) is 5.26 Å². The van der Waals surface area contributed by atoms with Gasteiger partial charge in [0.15, 0.2) is 0 Å². The number of rotatable bonds is 8. The van der Waals surface area contributed by atoms with E-state index < -0.39 is 23.6 Å². The lowest BCUT2D eigenvalue weighted by Gasteiger charge is -2.19. The average molecular weight is 483 g/mol. The summed E-state index contributed by atoms with van der Waals surface area (Å²) in [6, 6.07) is 6.79. The molecule has 11 heteroatoms. The first kappa shape index (κ1) is 25.7. The number of ether oxygens (including phenoxy) is 2. The van der Waals surface area contributed by atoms with Gasteiger partial charge < -0.3 is 25.0 Å². The van der Waals surface area contributed by atoms with E-state index in [-0.39, 0.29) is 18.1 Å². The summed E-state index contributed by atoms with van der Waals surface area (Å²) in [6.45, 7) is 6.40. The molecule has 1 atom stereocenters. The van der Waals surface area contributed by atoms with E-state index in [2.05, 4.69) is 26.7 Å². The highest BCUT2D eigenvalue weighted by atomic mass is 16.6. The fourth-order valence-electron chi connectivity index (χ4n) is 3.61. The Morgan fingerprint density at radius 1 is 1.23 bits per heavy atom. The van der Waals surface area contributed by atoms with Crippen LogP contribution in [0.4, 0.5) is 4.79 Å². The van der Waals surface area contributed by atoms with Gasteiger partial charge in [0.25, 0.3) is 5.91 Å². The third-order valence-corrected chi connectivity index (χ3v) is 5.20. The predicted molar refractivity (Wildman–Crippen MR) is 127 cm³/mol. The van der Waals surface area contributed by atoms with E-state index in [0.717, 1.165) is 6.42 Å². The van der Waals surface area contributed by atoms with Crippen molar-refractivity contribution in [2.45, 2.75) is 51.7 Å². The SMILES string of the molecule is CC(C)(C)OC(=O)NCCCOc1ccc2ncnc(C(=O)NCC(=O)N3CCC[C@H]3C#N)c2c1. The predicted octanol–water partition coefficient (Wildman–Crippen LogP) is 2.17. The number of likely N-dealkylation sites (tertiary alicyclic amines) is 1. The molecule has 35 heavy (non-hydrogen) atoms. The summed E-state index contributed by atoms with van der Waals surface area (Å²) in [5, 5.41) is 14.9. The number of nitrogens with one attached hydrogen (secondary N) is 2. The van der Waals surface area contributed by atoms with Crippen molar-refractivity contribution in [3.8, 4) is 11.8 Å². The minimum atomic E-state index is -0.557. The topological polar surface area (TPSA) is 147 Å². The molecule has 1 aliphatic rings. The number of benzene rings is 1. The lowest BCUT2D eigenvalue weighted by atomic mass is 10.1. The van der Waals surface area contributed by atoms with E-state index in [1.54, 1.807) is 39.0 Å². The van der Waals surface area contributed by atoms with E-state index in [9.17, 15) is 14.4 Å². The molecule has 0 aliphatic carbocycles. The summed E-state index contributed by atoms with van der Waals surface area (Å²) >= 11 is 0. The fourth-order valence-corrected chi connectivity index (χ4v) is 3.61. The third kappa shape index (κ3) is 7.27. The molecule has 3 amide bonds. The number of alkyl carbamates (subject to hydrolysis) is 1. The highest BCUT2D eigenvalue weighted by molar-refractivity contribution is 6.05. The summed E-state index contributed by atoms with van der Waals surface area (Å²) in [6.07, 6.45) is 2.77. The molecular weight excluding hydrogens is 452 g/mol. The van der Waals surface area contributed by atoms with Gasteiger partial charge in [0.1, 0.15) is 29.4 Å². The smallest absolute Gasteiger partial charge is 0.407 e. The van der Waals surface area contributed by atoms with E-state index >= 15 is 0 Å². The van der Waals surface area contributed by atoms with Crippen molar-refractivity contribution in [1.82, 2.24) is 25.5 Å². The minimum Gasteiger partial charge on any atom is -0.494 e. The number of hydrogen-bond donors (Lipinski definition) is 2. The van der Waals surface area contributed by atoms with Crippen molar-refractivity contribution in [2.75, 3.05) is 26.2 Å². The van der Waals surface area contributed by atoms with Gasteiger partial charge in [0, 0.05) is 18.5 Å². The van der Waals surface area contributed by atoms with Crippen molar-refractivity contribution in [3.05, 3.63) is 30.2 Å². The molecule has 0 bridgehead atoms.